The third-order valence-corrected chi connectivity index (χ3v) is 3.26. The Morgan fingerprint density at radius 1 is 0.650 bits per heavy atom. The predicted octanol–water partition coefficient (Wildman–Crippen LogP) is 3.99. The summed E-state index contributed by atoms with van der Waals surface area (Å²) in [5.41, 5.74) is 4.87. The molecule has 0 aliphatic rings. The van der Waals surface area contributed by atoms with Crippen LogP contribution in [0.5, 0.6) is 0 Å². The van der Waals surface area contributed by atoms with Crippen molar-refractivity contribution in [1.29, 1.82) is 0 Å². The van der Waals surface area contributed by atoms with E-state index in [9.17, 15) is 0 Å². The molecular formula is C18H22N2. The Hall–Kier alpha value is -2.22. The lowest BCUT2D eigenvalue weighted by atomic mass is 10.1. The van der Waals surface area contributed by atoms with Crippen molar-refractivity contribution >= 4 is 23.5 Å². The van der Waals surface area contributed by atoms with E-state index in [1.165, 1.54) is 22.5 Å². The van der Waals surface area contributed by atoms with Gasteiger partial charge in [-0.05, 0) is 35.4 Å². The summed E-state index contributed by atoms with van der Waals surface area (Å²) < 4.78 is 0. The van der Waals surface area contributed by atoms with Gasteiger partial charge in [0.05, 0.1) is 0 Å². The number of hydrogen-bond acceptors (Lipinski definition) is 2. The first-order valence-electron chi connectivity index (χ1n) is 6.79. The lowest BCUT2D eigenvalue weighted by Crippen LogP contribution is -2.08. The molecule has 0 aliphatic carbocycles. The molecule has 0 amide bonds. The molecule has 2 nitrogen and oxygen atoms in total. The summed E-state index contributed by atoms with van der Waals surface area (Å²) in [4.78, 5) is 4.22. The first kappa shape index (κ1) is 14.2. The van der Waals surface area contributed by atoms with Gasteiger partial charge in [-0.2, -0.15) is 0 Å². The van der Waals surface area contributed by atoms with E-state index in [0.29, 0.717) is 0 Å². The van der Waals surface area contributed by atoms with Gasteiger partial charge in [0.15, 0.2) is 0 Å². The highest BCUT2D eigenvalue weighted by molar-refractivity contribution is 5.72. The van der Waals surface area contributed by atoms with Crippen LogP contribution in [-0.2, 0) is 0 Å². The Labute approximate surface area is 122 Å². The fourth-order valence-electron chi connectivity index (χ4n) is 1.98. The lowest BCUT2D eigenvalue weighted by molar-refractivity contribution is 1.13. The Balaban J connectivity index is 2.14. The maximum absolute atomic E-state index is 2.19. The van der Waals surface area contributed by atoms with Crippen LogP contribution in [0, 0.1) is 0 Å². The van der Waals surface area contributed by atoms with Crippen molar-refractivity contribution in [3.05, 3.63) is 59.7 Å². The zero-order chi connectivity index (χ0) is 14.5. The molecule has 0 fully saturated rings. The van der Waals surface area contributed by atoms with Crippen LogP contribution >= 0.6 is 0 Å². The van der Waals surface area contributed by atoms with E-state index in [1.807, 2.05) is 0 Å². The monoisotopic (exact) mass is 266 g/mol. The van der Waals surface area contributed by atoms with Gasteiger partial charge in [-0.15, -0.1) is 0 Å². The molecule has 104 valence electrons. The van der Waals surface area contributed by atoms with Gasteiger partial charge in [-0.25, -0.2) is 0 Å². The zero-order valence-corrected chi connectivity index (χ0v) is 12.7. The second kappa shape index (κ2) is 6.29. The quantitative estimate of drug-likeness (QED) is 0.772. The zero-order valence-electron chi connectivity index (χ0n) is 12.7. The molecule has 0 saturated heterocycles. The van der Waals surface area contributed by atoms with E-state index in [4.69, 9.17) is 0 Å². The lowest BCUT2D eigenvalue weighted by Gasteiger charge is -2.12. The molecule has 0 bridgehead atoms. The number of nitrogens with zero attached hydrogens (tertiary/aromatic N) is 2. The van der Waals surface area contributed by atoms with E-state index in [2.05, 4.69) is 98.7 Å². The van der Waals surface area contributed by atoms with Gasteiger partial charge < -0.3 is 9.80 Å². The molecule has 20 heavy (non-hydrogen) atoms. The van der Waals surface area contributed by atoms with Crippen LogP contribution in [0.4, 0.5) is 11.4 Å². The van der Waals surface area contributed by atoms with Crippen LogP contribution in [0.15, 0.2) is 48.5 Å². The minimum atomic E-state index is 1.21. The molecule has 0 radical (unpaired) electrons. The van der Waals surface area contributed by atoms with E-state index in [1.54, 1.807) is 0 Å². The van der Waals surface area contributed by atoms with Gasteiger partial charge >= 0.3 is 0 Å². The van der Waals surface area contributed by atoms with Crippen LogP contribution in [0.2, 0.25) is 0 Å². The van der Waals surface area contributed by atoms with Gasteiger partial charge in [0, 0.05) is 39.6 Å². The van der Waals surface area contributed by atoms with Crippen LogP contribution in [-0.4, -0.2) is 28.2 Å². The van der Waals surface area contributed by atoms with Crippen molar-refractivity contribution in [2.24, 2.45) is 0 Å². The molecule has 0 unspecified atom stereocenters. The smallest absolute Gasteiger partial charge is 0.0367 e. The summed E-state index contributed by atoms with van der Waals surface area (Å²) in [5, 5.41) is 0. The molecule has 0 N–H and O–H groups in total. The highest BCUT2D eigenvalue weighted by Gasteiger charge is 1.96. The highest BCUT2D eigenvalue weighted by atomic mass is 15.1. The van der Waals surface area contributed by atoms with Crippen molar-refractivity contribution in [3.8, 4) is 0 Å². The molecule has 0 heterocycles. The third kappa shape index (κ3) is 3.64. The van der Waals surface area contributed by atoms with Crippen molar-refractivity contribution in [2.45, 2.75) is 0 Å². The summed E-state index contributed by atoms with van der Waals surface area (Å²) in [6.45, 7) is 0. The molecular weight excluding hydrogens is 244 g/mol. The van der Waals surface area contributed by atoms with E-state index in [0.717, 1.165) is 0 Å². The van der Waals surface area contributed by atoms with Crippen LogP contribution in [0.25, 0.3) is 12.2 Å². The number of anilines is 2. The van der Waals surface area contributed by atoms with Crippen molar-refractivity contribution in [2.75, 3.05) is 38.0 Å². The van der Waals surface area contributed by atoms with Crippen molar-refractivity contribution in [3.63, 3.8) is 0 Å². The second-order valence-electron chi connectivity index (χ2n) is 5.31. The molecule has 2 aromatic carbocycles. The highest BCUT2D eigenvalue weighted by Crippen LogP contribution is 2.17. The first-order valence-corrected chi connectivity index (χ1v) is 6.79. The fraction of sp³-hybridized carbons (Fsp3) is 0.222. The first-order chi connectivity index (χ1) is 9.56. The summed E-state index contributed by atoms with van der Waals surface area (Å²) in [5.74, 6) is 0. The summed E-state index contributed by atoms with van der Waals surface area (Å²) in [6, 6.07) is 17.1. The Morgan fingerprint density at radius 3 is 1.85 bits per heavy atom. The average molecular weight is 266 g/mol. The standard InChI is InChI=1S/C18H22N2/c1-19(2)17-12-10-15(11-13-17)8-9-16-6-5-7-18(14-16)20(3)4/h5-14H,1-4H3. The van der Waals surface area contributed by atoms with E-state index >= 15 is 0 Å². The average Bonchev–Trinajstić information content (AvgIpc) is 2.46. The minimum absolute atomic E-state index is 1.21. The van der Waals surface area contributed by atoms with Gasteiger partial charge in [-0.1, -0.05) is 36.4 Å². The summed E-state index contributed by atoms with van der Waals surface area (Å²) in [7, 11) is 8.22. The van der Waals surface area contributed by atoms with E-state index < -0.39 is 0 Å². The largest absolute Gasteiger partial charge is 0.378 e. The second-order valence-corrected chi connectivity index (χ2v) is 5.31. The van der Waals surface area contributed by atoms with Gasteiger partial charge in [-0.3, -0.25) is 0 Å². The molecule has 2 rings (SSSR count). The topological polar surface area (TPSA) is 6.48 Å². The Kier molecular flexibility index (Phi) is 4.46. The third-order valence-electron chi connectivity index (χ3n) is 3.26. The number of rotatable bonds is 4. The summed E-state index contributed by atoms with van der Waals surface area (Å²) in [6.07, 6.45) is 4.30. The van der Waals surface area contributed by atoms with Crippen LogP contribution in [0.3, 0.4) is 0 Å². The van der Waals surface area contributed by atoms with Gasteiger partial charge in [0.25, 0.3) is 0 Å². The molecule has 2 heteroatoms. The molecule has 2 aromatic rings. The maximum Gasteiger partial charge on any atom is 0.0367 e. The maximum atomic E-state index is 2.19. The number of benzene rings is 2. The summed E-state index contributed by atoms with van der Waals surface area (Å²) >= 11 is 0. The van der Waals surface area contributed by atoms with Crippen molar-refractivity contribution in [1.82, 2.24) is 0 Å². The van der Waals surface area contributed by atoms with E-state index in [-0.39, 0.29) is 0 Å². The van der Waals surface area contributed by atoms with Crippen molar-refractivity contribution < 1.29 is 0 Å². The molecule has 0 spiro atoms. The van der Waals surface area contributed by atoms with Gasteiger partial charge in [0.2, 0.25) is 0 Å². The molecule has 0 aromatic heterocycles. The SMILES string of the molecule is CN(C)c1ccc(C=Cc2cccc(N(C)C)c2)cc1. The minimum Gasteiger partial charge on any atom is -0.378 e. The van der Waals surface area contributed by atoms with Crippen LogP contribution < -0.4 is 9.80 Å². The predicted molar refractivity (Wildman–Crippen MR) is 90.5 cm³/mol. The number of hydrogen-bond donors (Lipinski definition) is 0. The fourth-order valence-corrected chi connectivity index (χ4v) is 1.98. The molecule has 0 atom stereocenters. The Bertz CT molecular complexity index is 581. The van der Waals surface area contributed by atoms with Crippen LogP contribution in [0.1, 0.15) is 11.1 Å². The molecule has 0 aliphatic heterocycles. The van der Waals surface area contributed by atoms with Gasteiger partial charge in [0.1, 0.15) is 0 Å². The normalized spacial score (nSPS) is 10.8. The molecule has 0 saturated carbocycles. The Morgan fingerprint density at radius 2 is 1.25 bits per heavy atom.